The SMILES string of the molecule is NOCCOC(=O)NC(COC(N)=O)(COC(N)=O)COC(N)=O. The van der Waals surface area contributed by atoms with Crippen LogP contribution in [0.5, 0.6) is 0 Å². The van der Waals surface area contributed by atoms with Crippen molar-refractivity contribution < 1.29 is 43.0 Å². The zero-order chi connectivity index (χ0) is 18.6. The molecule has 0 aromatic rings. The highest BCUT2D eigenvalue weighted by Gasteiger charge is 2.38. The van der Waals surface area contributed by atoms with Crippen LogP contribution in [0.3, 0.4) is 0 Å². The Hall–Kier alpha value is -3.00. The molecular formula is C10H19N5O9. The molecule has 0 aliphatic carbocycles. The van der Waals surface area contributed by atoms with Crippen molar-refractivity contribution in [2.24, 2.45) is 23.1 Å². The van der Waals surface area contributed by atoms with Gasteiger partial charge in [0.25, 0.3) is 0 Å². The molecule has 0 aromatic carbocycles. The first-order valence-corrected chi connectivity index (χ1v) is 6.24. The predicted molar refractivity (Wildman–Crippen MR) is 74.0 cm³/mol. The number of carbonyl (C=O) groups is 4. The minimum Gasteiger partial charge on any atom is -0.447 e. The molecule has 0 heterocycles. The van der Waals surface area contributed by atoms with E-state index in [1.807, 2.05) is 0 Å². The smallest absolute Gasteiger partial charge is 0.408 e. The van der Waals surface area contributed by atoms with E-state index in [2.05, 4.69) is 29.1 Å². The summed E-state index contributed by atoms with van der Waals surface area (Å²) in [5, 5.41) is 2.20. The molecule has 0 atom stereocenters. The number of hydrogen-bond donors (Lipinski definition) is 5. The van der Waals surface area contributed by atoms with Crippen LogP contribution in [-0.4, -0.2) is 62.9 Å². The van der Waals surface area contributed by atoms with Gasteiger partial charge < -0.3 is 46.3 Å². The average Bonchev–Trinajstić information content (AvgIpc) is 2.48. The minimum atomic E-state index is -1.75. The summed E-state index contributed by atoms with van der Waals surface area (Å²) >= 11 is 0. The molecule has 14 heteroatoms. The van der Waals surface area contributed by atoms with Crippen LogP contribution in [0.15, 0.2) is 0 Å². The second kappa shape index (κ2) is 10.7. The van der Waals surface area contributed by atoms with Crippen molar-refractivity contribution in [1.29, 1.82) is 0 Å². The highest BCUT2D eigenvalue weighted by atomic mass is 16.6. The van der Waals surface area contributed by atoms with Crippen LogP contribution in [-0.2, 0) is 23.8 Å². The number of hydrogen-bond acceptors (Lipinski definition) is 10. The van der Waals surface area contributed by atoms with E-state index in [0.717, 1.165) is 0 Å². The molecule has 0 saturated heterocycles. The number of ether oxygens (including phenoxy) is 4. The lowest BCUT2D eigenvalue weighted by Crippen LogP contribution is -2.60. The summed E-state index contributed by atoms with van der Waals surface area (Å²) in [6, 6.07) is 0. The van der Waals surface area contributed by atoms with E-state index in [1.54, 1.807) is 0 Å². The summed E-state index contributed by atoms with van der Waals surface area (Å²) in [6.07, 6.45) is -4.67. The number of carbonyl (C=O) groups excluding carboxylic acids is 4. The fourth-order valence-corrected chi connectivity index (χ4v) is 1.30. The third kappa shape index (κ3) is 9.85. The van der Waals surface area contributed by atoms with E-state index in [9.17, 15) is 19.2 Å². The van der Waals surface area contributed by atoms with Gasteiger partial charge in [0.15, 0.2) is 0 Å². The van der Waals surface area contributed by atoms with E-state index in [4.69, 9.17) is 23.1 Å². The predicted octanol–water partition coefficient (Wildman–Crippen LogP) is -2.37. The maximum atomic E-state index is 11.7. The molecule has 0 unspecified atom stereocenters. The maximum Gasteiger partial charge on any atom is 0.408 e. The van der Waals surface area contributed by atoms with Crippen molar-refractivity contribution in [3.63, 3.8) is 0 Å². The van der Waals surface area contributed by atoms with Crippen molar-refractivity contribution in [3.05, 3.63) is 0 Å². The molecule has 0 radical (unpaired) electrons. The molecule has 0 aromatic heterocycles. The summed E-state index contributed by atoms with van der Waals surface area (Å²) in [5.41, 5.74) is 12.8. The lowest BCUT2D eigenvalue weighted by molar-refractivity contribution is 0.0131. The molecule has 0 saturated carbocycles. The summed E-state index contributed by atoms with van der Waals surface area (Å²) < 4.78 is 18.4. The molecule has 0 fully saturated rings. The standard InChI is InChI=1S/C10H19N5O9/c11-6(16)21-3-10(4-22-7(12)17,5-23-8(13)18)15-9(19)20-1-2-24-14/h1-5,14H2,(H2,11,16)(H2,12,17)(H2,13,18)(H,15,19). The van der Waals surface area contributed by atoms with Gasteiger partial charge in [-0.1, -0.05) is 0 Å². The Kier molecular flexibility index (Phi) is 9.35. The lowest BCUT2D eigenvalue weighted by Gasteiger charge is -2.31. The van der Waals surface area contributed by atoms with Gasteiger partial charge in [-0.2, -0.15) is 0 Å². The number of nitrogens with one attached hydrogen (secondary N) is 1. The van der Waals surface area contributed by atoms with Gasteiger partial charge in [0.05, 0.1) is 0 Å². The third-order valence-corrected chi connectivity index (χ3v) is 2.27. The molecule has 138 valence electrons. The van der Waals surface area contributed by atoms with Crippen LogP contribution < -0.4 is 28.4 Å². The van der Waals surface area contributed by atoms with E-state index in [0.29, 0.717) is 0 Å². The summed E-state index contributed by atoms with van der Waals surface area (Å²) in [6.45, 7) is -2.27. The molecule has 0 aliphatic heterocycles. The fourth-order valence-electron chi connectivity index (χ4n) is 1.30. The van der Waals surface area contributed by atoms with Gasteiger partial charge in [-0.05, 0) is 0 Å². The van der Waals surface area contributed by atoms with Gasteiger partial charge in [0, 0.05) is 0 Å². The summed E-state index contributed by atoms with van der Waals surface area (Å²) in [4.78, 5) is 48.3. The zero-order valence-corrected chi connectivity index (χ0v) is 12.5. The quantitative estimate of drug-likeness (QED) is 0.159. The van der Waals surface area contributed by atoms with E-state index in [-0.39, 0.29) is 13.2 Å². The molecular weight excluding hydrogens is 334 g/mol. The van der Waals surface area contributed by atoms with Gasteiger partial charge in [-0.3, -0.25) is 0 Å². The summed E-state index contributed by atoms with van der Waals surface area (Å²) in [5.74, 6) is 4.76. The molecule has 0 bridgehead atoms. The van der Waals surface area contributed by atoms with Crippen LogP contribution in [0.25, 0.3) is 0 Å². The number of alkyl carbamates (subject to hydrolysis) is 1. The van der Waals surface area contributed by atoms with Crippen molar-refractivity contribution in [2.45, 2.75) is 5.54 Å². The molecule has 0 rings (SSSR count). The van der Waals surface area contributed by atoms with Crippen LogP contribution >= 0.6 is 0 Å². The Balaban J connectivity index is 5.10. The van der Waals surface area contributed by atoms with Crippen molar-refractivity contribution in [2.75, 3.05) is 33.0 Å². The topological polar surface area (TPSA) is 231 Å². The Bertz CT molecular complexity index is 412. The molecule has 9 N–H and O–H groups in total. The highest BCUT2D eigenvalue weighted by Crippen LogP contribution is 2.10. The molecule has 0 aliphatic rings. The lowest BCUT2D eigenvalue weighted by atomic mass is 10.0. The third-order valence-electron chi connectivity index (χ3n) is 2.27. The fraction of sp³-hybridized carbons (Fsp3) is 0.600. The van der Waals surface area contributed by atoms with E-state index >= 15 is 0 Å². The monoisotopic (exact) mass is 353 g/mol. The first-order chi connectivity index (χ1) is 11.2. The number of rotatable bonds is 10. The van der Waals surface area contributed by atoms with Crippen LogP contribution in [0.2, 0.25) is 0 Å². The number of amides is 4. The van der Waals surface area contributed by atoms with Gasteiger partial charge in [-0.15, -0.1) is 0 Å². The number of primary amides is 3. The summed E-state index contributed by atoms with van der Waals surface area (Å²) in [7, 11) is 0. The average molecular weight is 353 g/mol. The van der Waals surface area contributed by atoms with Crippen molar-refractivity contribution in [3.8, 4) is 0 Å². The highest BCUT2D eigenvalue weighted by molar-refractivity contribution is 5.70. The Morgan fingerprint density at radius 1 is 0.750 bits per heavy atom. The Morgan fingerprint density at radius 2 is 1.17 bits per heavy atom. The molecule has 14 nitrogen and oxygen atoms in total. The van der Waals surface area contributed by atoms with Crippen LogP contribution in [0, 0.1) is 0 Å². The van der Waals surface area contributed by atoms with E-state index in [1.165, 1.54) is 0 Å². The number of nitrogens with two attached hydrogens (primary N) is 4. The normalized spacial score (nSPS) is 10.4. The van der Waals surface area contributed by atoms with Gasteiger partial charge in [0.1, 0.15) is 38.6 Å². The Morgan fingerprint density at radius 3 is 1.50 bits per heavy atom. The van der Waals surface area contributed by atoms with Gasteiger partial charge in [-0.25, -0.2) is 25.1 Å². The van der Waals surface area contributed by atoms with Gasteiger partial charge in [0.2, 0.25) is 0 Å². The first kappa shape index (κ1) is 21.0. The Labute approximate surface area is 135 Å². The molecule has 4 amide bonds. The molecule has 0 spiro atoms. The maximum absolute atomic E-state index is 11.7. The first-order valence-electron chi connectivity index (χ1n) is 6.24. The largest absolute Gasteiger partial charge is 0.447 e. The molecule has 24 heavy (non-hydrogen) atoms. The second-order valence-corrected chi connectivity index (χ2v) is 4.24. The van der Waals surface area contributed by atoms with Gasteiger partial charge >= 0.3 is 24.4 Å². The second-order valence-electron chi connectivity index (χ2n) is 4.24. The van der Waals surface area contributed by atoms with E-state index < -0.39 is 49.7 Å². The van der Waals surface area contributed by atoms with Crippen molar-refractivity contribution in [1.82, 2.24) is 5.32 Å². The zero-order valence-electron chi connectivity index (χ0n) is 12.5. The van der Waals surface area contributed by atoms with Crippen LogP contribution in [0.1, 0.15) is 0 Å². The van der Waals surface area contributed by atoms with Crippen molar-refractivity contribution >= 4 is 24.4 Å². The minimum absolute atomic E-state index is 0.103. The van der Waals surface area contributed by atoms with Crippen LogP contribution in [0.4, 0.5) is 19.2 Å².